The maximum atomic E-state index is 12.3. The molecular weight excluding hydrogens is 426 g/mol. The highest BCUT2D eigenvalue weighted by Crippen LogP contribution is 2.29. The number of ketones is 1. The van der Waals surface area contributed by atoms with Crippen molar-refractivity contribution >= 4 is 33.9 Å². The molecule has 2 aromatic carbocycles. The third-order valence-corrected chi connectivity index (χ3v) is 4.74. The lowest BCUT2D eigenvalue weighted by Gasteiger charge is -2.26. The van der Waals surface area contributed by atoms with E-state index in [9.17, 15) is 9.59 Å². The van der Waals surface area contributed by atoms with E-state index in [1.807, 2.05) is 12.1 Å². The Balaban J connectivity index is 1.69. The molecule has 0 spiro atoms. The van der Waals surface area contributed by atoms with Crippen molar-refractivity contribution < 1.29 is 23.8 Å². The summed E-state index contributed by atoms with van der Waals surface area (Å²) < 4.78 is 16.9. The van der Waals surface area contributed by atoms with E-state index in [1.54, 1.807) is 41.3 Å². The van der Waals surface area contributed by atoms with Crippen molar-refractivity contribution in [2.24, 2.45) is 0 Å². The van der Waals surface area contributed by atoms with Gasteiger partial charge in [0, 0.05) is 23.1 Å². The number of hydrogen-bond acceptors (Lipinski definition) is 5. The molecule has 1 fully saturated rings. The Labute approximate surface area is 171 Å². The number of carbonyl (C=O) groups is 2. The van der Waals surface area contributed by atoms with Crippen molar-refractivity contribution in [1.82, 2.24) is 4.90 Å². The molecule has 0 N–H and O–H groups in total. The highest BCUT2D eigenvalue weighted by molar-refractivity contribution is 9.10. The van der Waals surface area contributed by atoms with Gasteiger partial charge in [0.05, 0.1) is 20.3 Å². The van der Waals surface area contributed by atoms with Gasteiger partial charge < -0.3 is 19.1 Å². The van der Waals surface area contributed by atoms with Crippen LogP contribution >= 0.6 is 15.9 Å². The summed E-state index contributed by atoms with van der Waals surface area (Å²) in [5.74, 6) is 0.643. The topological polar surface area (TPSA) is 65.1 Å². The van der Waals surface area contributed by atoms with Crippen molar-refractivity contribution in [2.45, 2.75) is 0 Å². The molecule has 6 nitrogen and oxygen atoms in total. The minimum absolute atomic E-state index is 0.103. The number of rotatable bonds is 5. The van der Waals surface area contributed by atoms with Crippen molar-refractivity contribution in [1.29, 1.82) is 0 Å². The van der Waals surface area contributed by atoms with E-state index >= 15 is 0 Å². The second-order valence-electron chi connectivity index (χ2n) is 6.08. The summed E-state index contributed by atoms with van der Waals surface area (Å²) in [7, 11) is 1.50. The Morgan fingerprint density at radius 2 is 1.79 bits per heavy atom. The normalized spacial score (nSPS) is 14.1. The van der Waals surface area contributed by atoms with E-state index < -0.39 is 6.09 Å². The van der Waals surface area contributed by atoms with Gasteiger partial charge in [0.1, 0.15) is 0 Å². The fraction of sp³-hybridized carbons (Fsp3) is 0.238. The van der Waals surface area contributed by atoms with Crippen LogP contribution in [0.25, 0.3) is 6.08 Å². The number of nitrogens with zero attached hydrogens (tertiary/aromatic N) is 1. The smallest absolute Gasteiger partial charge is 0.415 e. The molecule has 146 valence electrons. The van der Waals surface area contributed by atoms with E-state index in [2.05, 4.69) is 15.9 Å². The molecule has 0 bridgehead atoms. The van der Waals surface area contributed by atoms with Gasteiger partial charge in [0.25, 0.3) is 0 Å². The maximum Gasteiger partial charge on any atom is 0.415 e. The van der Waals surface area contributed by atoms with Crippen LogP contribution in [-0.2, 0) is 4.74 Å². The Morgan fingerprint density at radius 3 is 2.46 bits per heavy atom. The van der Waals surface area contributed by atoms with Crippen molar-refractivity contribution in [3.63, 3.8) is 0 Å². The van der Waals surface area contributed by atoms with Gasteiger partial charge in [-0.3, -0.25) is 4.79 Å². The predicted molar refractivity (Wildman–Crippen MR) is 109 cm³/mol. The summed E-state index contributed by atoms with van der Waals surface area (Å²) in [5.41, 5.74) is 1.36. The number of methoxy groups -OCH3 is 1. The van der Waals surface area contributed by atoms with Gasteiger partial charge in [-0.1, -0.05) is 28.1 Å². The number of morpholine rings is 1. The van der Waals surface area contributed by atoms with Crippen LogP contribution in [0.15, 0.2) is 53.0 Å². The molecule has 1 aliphatic rings. The van der Waals surface area contributed by atoms with Crippen LogP contribution in [0.3, 0.4) is 0 Å². The quantitative estimate of drug-likeness (QED) is 0.509. The monoisotopic (exact) mass is 445 g/mol. The number of allylic oxidation sites excluding steroid dienone is 1. The lowest BCUT2D eigenvalue weighted by Crippen LogP contribution is -2.42. The van der Waals surface area contributed by atoms with Gasteiger partial charge >= 0.3 is 6.09 Å². The van der Waals surface area contributed by atoms with Gasteiger partial charge in [-0.25, -0.2) is 4.79 Å². The number of hydrogen-bond donors (Lipinski definition) is 0. The Bertz CT molecular complexity index is 873. The van der Waals surface area contributed by atoms with E-state index in [4.69, 9.17) is 14.2 Å². The third kappa shape index (κ3) is 5.21. The fourth-order valence-corrected chi connectivity index (χ4v) is 2.92. The van der Waals surface area contributed by atoms with E-state index in [1.165, 1.54) is 13.2 Å². The molecular formula is C21H20BrNO5. The lowest BCUT2D eigenvalue weighted by atomic mass is 10.1. The number of halogens is 1. The first-order valence-corrected chi connectivity index (χ1v) is 9.56. The molecule has 1 heterocycles. The molecule has 0 atom stereocenters. The third-order valence-electron chi connectivity index (χ3n) is 4.21. The van der Waals surface area contributed by atoms with Gasteiger partial charge in [0.2, 0.25) is 0 Å². The van der Waals surface area contributed by atoms with E-state index in [-0.39, 0.29) is 5.78 Å². The van der Waals surface area contributed by atoms with Gasteiger partial charge in [0.15, 0.2) is 17.3 Å². The minimum atomic E-state index is -0.435. The molecule has 0 unspecified atom stereocenters. The van der Waals surface area contributed by atoms with Gasteiger partial charge in [-0.2, -0.15) is 0 Å². The highest BCUT2D eigenvalue weighted by Gasteiger charge is 2.20. The molecule has 0 radical (unpaired) electrons. The summed E-state index contributed by atoms with van der Waals surface area (Å²) >= 11 is 3.35. The number of ether oxygens (including phenoxy) is 3. The second kappa shape index (κ2) is 9.52. The average Bonchev–Trinajstić information content (AvgIpc) is 2.73. The lowest BCUT2D eigenvalue weighted by molar-refractivity contribution is 0.0413. The summed E-state index contributed by atoms with van der Waals surface area (Å²) in [4.78, 5) is 26.1. The van der Waals surface area contributed by atoms with E-state index in [0.29, 0.717) is 43.4 Å². The summed E-state index contributed by atoms with van der Waals surface area (Å²) in [6.45, 7) is 2.00. The van der Waals surface area contributed by atoms with Crippen LogP contribution in [0, 0.1) is 0 Å². The molecule has 2 aromatic rings. The predicted octanol–water partition coefficient (Wildman–Crippen LogP) is 4.18. The second-order valence-corrected chi connectivity index (χ2v) is 7.00. The van der Waals surface area contributed by atoms with Crippen LogP contribution in [0.1, 0.15) is 15.9 Å². The highest BCUT2D eigenvalue weighted by atomic mass is 79.9. The van der Waals surface area contributed by atoms with Crippen molar-refractivity contribution in [2.75, 3.05) is 33.4 Å². The summed E-state index contributed by atoms with van der Waals surface area (Å²) in [5, 5.41) is 0. The number of benzene rings is 2. The van der Waals surface area contributed by atoms with Crippen molar-refractivity contribution in [3.8, 4) is 11.5 Å². The SMILES string of the molecule is COc1cc(C=CC(=O)c2ccc(Br)cc2)ccc1OC(=O)N1CCOCC1. The van der Waals surface area contributed by atoms with Gasteiger partial charge in [-0.05, 0) is 48.0 Å². The van der Waals surface area contributed by atoms with Crippen LogP contribution in [-0.4, -0.2) is 50.2 Å². The number of carbonyl (C=O) groups excluding carboxylic acids is 2. The molecule has 1 saturated heterocycles. The Hall–Kier alpha value is -2.64. The zero-order valence-corrected chi connectivity index (χ0v) is 17.0. The first-order valence-electron chi connectivity index (χ1n) is 8.77. The van der Waals surface area contributed by atoms with Crippen LogP contribution < -0.4 is 9.47 Å². The molecule has 3 rings (SSSR count). The molecule has 0 aliphatic carbocycles. The summed E-state index contributed by atoms with van der Waals surface area (Å²) in [6, 6.07) is 12.3. The molecule has 1 aliphatic heterocycles. The van der Waals surface area contributed by atoms with Gasteiger partial charge in [-0.15, -0.1) is 0 Å². The fourth-order valence-electron chi connectivity index (χ4n) is 2.66. The first kappa shape index (κ1) is 20.1. The minimum Gasteiger partial charge on any atom is -0.493 e. The molecule has 0 aromatic heterocycles. The average molecular weight is 446 g/mol. The maximum absolute atomic E-state index is 12.3. The molecule has 1 amide bonds. The zero-order valence-electron chi connectivity index (χ0n) is 15.4. The standard InChI is InChI=1S/C21H20BrNO5/c1-26-20-14-15(2-8-18(24)16-4-6-17(22)7-5-16)3-9-19(20)28-21(25)23-10-12-27-13-11-23/h2-9,14H,10-13H2,1H3. The van der Waals surface area contributed by atoms with Crippen molar-refractivity contribution in [3.05, 3.63) is 64.1 Å². The number of amides is 1. The van der Waals surface area contributed by atoms with Crippen LogP contribution in [0.2, 0.25) is 0 Å². The Kier molecular flexibility index (Phi) is 6.84. The molecule has 7 heteroatoms. The first-order chi connectivity index (χ1) is 13.6. The Morgan fingerprint density at radius 1 is 1.07 bits per heavy atom. The molecule has 0 saturated carbocycles. The molecule has 28 heavy (non-hydrogen) atoms. The van der Waals surface area contributed by atoms with Crippen LogP contribution in [0.4, 0.5) is 4.79 Å². The van der Waals surface area contributed by atoms with Crippen LogP contribution in [0.5, 0.6) is 11.5 Å². The largest absolute Gasteiger partial charge is 0.493 e. The van der Waals surface area contributed by atoms with E-state index in [0.717, 1.165) is 10.0 Å². The summed E-state index contributed by atoms with van der Waals surface area (Å²) in [6.07, 6.45) is 2.76. The zero-order chi connectivity index (χ0) is 19.9.